The summed E-state index contributed by atoms with van der Waals surface area (Å²) >= 11 is 1.83. The number of carbonyl (C=O) groups excluding carboxylic acids is 1. The predicted molar refractivity (Wildman–Crippen MR) is 198 cm³/mol. The van der Waals surface area contributed by atoms with Crippen molar-refractivity contribution in [1.29, 1.82) is 0 Å². The molecular formula is C41H51IrN2O2S-. The molecule has 0 aliphatic carbocycles. The van der Waals surface area contributed by atoms with E-state index in [1.165, 1.54) is 32.7 Å². The van der Waals surface area contributed by atoms with Gasteiger partial charge >= 0.3 is 0 Å². The molecule has 0 bridgehead atoms. The van der Waals surface area contributed by atoms with Gasteiger partial charge in [-0.05, 0) is 49.0 Å². The van der Waals surface area contributed by atoms with Gasteiger partial charge in [0.15, 0.2) is 5.78 Å². The number of allylic oxidation sites excluding steroid dienone is 2. The molecule has 0 amide bonds. The molecule has 2 heterocycles. The number of hydrogen-bond donors (Lipinski definition) is 1. The predicted octanol–water partition coefficient (Wildman–Crippen LogP) is 11.8. The molecular weight excluding hydrogens is 777 g/mol. The fourth-order valence-electron chi connectivity index (χ4n) is 6.21. The summed E-state index contributed by atoms with van der Waals surface area (Å²) < 4.78 is 2.49. The smallest absolute Gasteiger partial charge is 0.162 e. The number of carbonyl (C=O) groups is 1. The Morgan fingerprint density at radius 3 is 2.15 bits per heavy atom. The Balaban J connectivity index is 0.000000322. The van der Waals surface area contributed by atoms with Gasteiger partial charge < -0.3 is 5.11 Å². The van der Waals surface area contributed by atoms with Crippen LogP contribution in [0.15, 0.2) is 66.7 Å². The summed E-state index contributed by atoms with van der Waals surface area (Å²) in [5.74, 6) is 1.16. The second kappa shape index (κ2) is 17.0. The molecule has 3 aromatic carbocycles. The third-order valence-corrected chi connectivity index (χ3v) is 10.2. The van der Waals surface area contributed by atoms with Gasteiger partial charge in [-0.25, -0.2) is 4.98 Å². The Morgan fingerprint density at radius 2 is 1.53 bits per heavy atom. The molecule has 2 aromatic heterocycles. The SMILES string of the molecule is CC(C)Cc1cccc2c1sc1c(-c3[c-]c4ccccc4c(C(C)(C)C)c3)ncnc12.CCC(CC)C(=O)/C=C(\O)C(CC)CC.[Ir]. The van der Waals surface area contributed by atoms with Crippen molar-refractivity contribution < 1.29 is 30.0 Å². The maximum atomic E-state index is 11.7. The van der Waals surface area contributed by atoms with Crippen LogP contribution in [0.1, 0.15) is 99.1 Å². The van der Waals surface area contributed by atoms with Crippen molar-refractivity contribution in [2.45, 2.75) is 99.8 Å². The monoisotopic (exact) mass is 828 g/mol. The zero-order valence-corrected chi connectivity index (χ0v) is 32.7. The van der Waals surface area contributed by atoms with Crippen molar-refractivity contribution in [3.05, 3.63) is 83.9 Å². The van der Waals surface area contributed by atoms with Crippen molar-refractivity contribution in [3.63, 3.8) is 0 Å². The van der Waals surface area contributed by atoms with E-state index >= 15 is 0 Å². The summed E-state index contributed by atoms with van der Waals surface area (Å²) in [7, 11) is 0. The normalized spacial score (nSPS) is 12.2. The first-order chi connectivity index (χ1) is 21.9. The molecule has 6 heteroatoms. The molecule has 0 fully saturated rings. The first kappa shape index (κ1) is 38.5. The Hall–Kier alpha value is -2.92. The van der Waals surface area contributed by atoms with Gasteiger partial charge in [0.2, 0.25) is 0 Å². The minimum atomic E-state index is 0. The van der Waals surface area contributed by atoms with Crippen LogP contribution in [0.3, 0.4) is 0 Å². The average molecular weight is 828 g/mol. The molecule has 1 radical (unpaired) electrons. The molecule has 0 saturated carbocycles. The minimum Gasteiger partial charge on any atom is -0.512 e. The maximum Gasteiger partial charge on any atom is 0.162 e. The fourth-order valence-corrected chi connectivity index (χ4v) is 7.49. The van der Waals surface area contributed by atoms with Crippen molar-refractivity contribution in [2.75, 3.05) is 0 Å². The molecule has 0 atom stereocenters. The largest absolute Gasteiger partial charge is 0.512 e. The van der Waals surface area contributed by atoms with Gasteiger partial charge in [0.25, 0.3) is 0 Å². The van der Waals surface area contributed by atoms with Crippen LogP contribution in [0.5, 0.6) is 0 Å². The number of thiophene rings is 1. The number of nitrogens with zero attached hydrogens (tertiary/aromatic N) is 2. The quantitative estimate of drug-likeness (QED) is 0.0865. The van der Waals surface area contributed by atoms with Crippen molar-refractivity contribution in [3.8, 4) is 11.3 Å². The van der Waals surface area contributed by atoms with E-state index in [-0.39, 0.29) is 48.9 Å². The second-order valence-corrected chi connectivity index (χ2v) is 14.8. The molecule has 47 heavy (non-hydrogen) atoms. The van der Waals surface area contributed by atoms with E-state index in [2.05, 4.69) is 89.2 Å². The van der Waals surface area contributed by atoms with Crippen molar-refractivity contribution >= 4 is 48.2 Å². The van der Waals surface area contributed by atoms with Gasteiger partial charge in [-0.2, -0.15) is 0 Å². The van der Waals surface area contributed by atoms with Gasteiger partial charge in [0, 0.05) is 58.5 Å². The summed E-state index contributed by atoms with van der Waals surface area (Å²) in [5.41, 5.74) is 5.84. The number of rotatable bonds is 10. The Kier molecular flexibility index (Phi) is 13.9. The Bertz CT molecular complexity index is 1820. The van der Waals surface area contributed by atoms with Crippen LogP contribution in [-0.2, 0) is 36.7 Å². The molecule has 5 rings (SSSR count). The van der Waals surface area contributed by atoms with E-state index in [4.69, 9.17) is 9.97 Å². The number of aliphatic hydroxyl groups excluding tert-OH is 1. The number of benzene rings is 3. The van der Waals surface area contributed by atoms with Crippen LogP contribution in [0.25, 0.3) is 42.3 Å². The number of hydrogen-bond acceptors (Lipinski definition) is 5. The summed E-state index contributed by atoms with van der Waals surface area (Å²) in [6.45, 7) is 19.4. The standard InChI is InChI=1S/C28H27N2S.C13H24O2.Ir/c1-17(2)13-19-10-8-12-22-25-27(31-26(19)22)24(29-16-30-25)20-14-18-9-6-7-11-21(18)23(15-20)28(3,4)5;1-5-10(6-2)12(14)9-13(15)11(7-3)8-4;/h6-12,15-17H,13H2,1-5H3;9-11,14H,5-8H2,1-4H3;/q-1;;/b;12-9-;. The maximum absolute atomic E-state index is 11.7. The summed E-state index contributed by atoms with van der Waals surface area (Å²) in [6, 6.07) is 21.1. The van der Waals surface area contributed by atoms with E-state index < -0.39 is 0 Å². The molecule has 0 spiro atoms. The van der Waals surface area contributed by atoms with E-state index in [9.17, 15) is 9.90 Å². The zero-order valence-electron chi connectivity index (χ0n) is 29.5. The summed E-state index contributed by atoms with van der Waals surface area (Å²) in [5, 5.41) is 13.4. The number of fused-ring (bicyclic) bond motifs is 4. The van der Waals surface area contributed by atoms with Gasteiger partial charge in [0.05, 0.1) is 11.3 Å². The first-order valence-electron chi connectivity index (χ1n) is 17.0. The van der Waals surface area contributed by atoms with Gasteiger partial charge in [-0.1, -0.05) is 110 Å². The third-order valence-electron chi connectivity index (χ3n) is 8.91. The molecule has 4 nitrogen and oxygen atoms in total. The summed E-state index contributed by atoms with van der Waals surface area (Å²) in [6.07, 6.45) is 7.69. The molecule has 0 unspecified atom stereocenters. The van der Waals surface area contributed by atoms with Crippen LogP contribution in [0, 0.1) is 23.8 Å². The van der Waals surface area contributed by atoms with Crippen LogP contribution >= 0.6 is 11.3 Å². The first-order valence-corrected chi connectivity index (χ1v) is 17.8. The van der Waals surface area contributed by atoms with Crippen LogP contribution < -0.4 is 0 Å². The molecule has 1 N–H and O–H groups in total. The van der Waals surface area contributed by atoms with Gasteiger partial charge in [-0.3, -0.25) is 9.78 Å². The topological polar surface area (TPSA) is 63.1 Å². The second-order valence-electron chi connectivity index (χ2n) is 13.8. The van der Waals surface area contributed by atoms with E-state index in [1.54, 1.807) is 6.33 Å². The fraction of sp³-hybridized carbons (Fsp3) is 0.439. The molecule has 0 saturated heterocycles. The Labute approximate surface area is 299 Å². The minimum absolute atomic E-state index is 0. The Morgan fingerprint density at radius 1 is 0.894 bits per heavy atom. The van der Waals surface area contributed by atoms with Crippen molar-refractivity contribution in [2.24, 2.45) is 17.8 Å². The number of aromatic nitrogens is 2. The van der Waals surface area contributed by atoms with Gasteiger partial charge in [-0.15, -0.1) is 40.5 Å². The third kappa shape index (κ3) is 8.96. The van der Waals surface area contributed by atoms with Crippen LogP contribution in [0.2, 0.25) is 0 Å². The molecule has 253 valence electrons. The van der Waals surface area contributed by atoms with E-state index in [1.807, 2.05) is 39.0 Å². The molecule has 0 aliphatic heterocycles. The van der Waals surface area contributed by atoms with Gasteiger partial charge in [0.1, 0.15) is 6.33 Å². The number of ketones is 1. The van der Waals surface area contributed by atoms with Crippen LogP contribution in [0.4, 0.5) is 0 Å². The molecule has 5 aromatic rings. The molecule has 0 aliphatic rings. The van der Waals surface area contributed by atoms with E-state index in [0.717, 1.165) is 59.0 Å². The van der Waals surface area contributed by atoms with Crippen molar-refractivity contribution in [1.82, 2.24) is 9.97 Å². The average Bonchev–Trinajstić information content (AvgIpc) is 3.41. The number of aliphatic hydroxyl groups is 1. The summed E-state index contributed by atoms with van der Waals surface area (Å²) in [4.78, 5) is 21.2. The van der Waals surface area contributed by atoms with Crippen LogP contribution in [-0.4, -0.2) is 20.9 Å². The van der Waals surface area contributed by atoms with E-state index in [0.29, 0.717) is 5.92 Å². The zero-order chi connectivity index (χ0) is 33.6.